The van der Waals surface area contributed by atoms with Gasteiger partial charge in [-0.3, -0.25) is 24.0 Å². The molecule has 1 saturated carbocycles. The van der Waals surface area contributed by atoms with E-state index in [1.807, 2.05) is 5.32 Å². The molecule has 1 N–H and O–H groups in total. The Balaban J connectivity index is 2.64. The van der Waals surface area contributed by atoms with E-state index in [1.54, 1.807) is 13.8 Å². The van der Waals surface area contributed by atoms with Crippen LogP contribution in [-0.4, -0.2) is 35.2 Å². The summed E-state index contributed by atoms with van der Waals surface area (Å²) < 4.78 is 38.5. The van der Waals surface area contributed by atoms with E-state index in [2.05, 4.69) is 0 Å². The molecule has 0 saturated heterocycles. The molecular weight excluding hydrogens is 415 g/mol. The minimum absolute atomic E-state index is 0.0392. The number of halogens is 3. The SMILES string of the molecule is CCC(=O)C1C(=O)CC(c2c(C)c(NC(=O)C(F)(F)F)c(C)c(C(C)=O)c2C)CC1=O. The fraction of sp³-hybridized carbons (Fsp3) is 0.500. The van der Waals surface area contributed by atoms with Crippen LogP contribution in [0.15, 0.2) is 0 Å². The predicted molar refractivity (Wildman–Crippen MR) is 106 cm³/mol. The molecule has 2 rings (SSSR count). The fourth-order valence-electron chi connectivity index (χ4n) is 4.49. The molecule has 1 amide bonds. The van der Waals surface area contributed by atoms with Crippen molar-refractivity contribution in [3.8, 4) is 0 Å². The molecular formula is C22H24F3NO5. The normalized spacial score (nSPS) is 19.4. The second-order valence-electron chi connectivity index (χ2n) is 7.84. The van der Waals surface area contributed by atoms with Gasteiger partial charge in [-0.1, -0.05) is 6.92 Å². The first kappa shape index (κ1) is 24.4. The van der Waals surface area contributed by atoms with E-state index in [1.165, 1.54) is 20.8 Å². The van der Waals surface area contributed by atoms with E-state index in [9.17, 15) is 37.1 Å². The van der Waals surface area contributed by atoms with Gasteiger partial charge in [-0.25, -0.2) is 0 Å². The van der Waals surface area contributed by atoms with Crippen LogP contribution in [0.3, 0.4) is 0 Å². The maximum atomic E-state index is 12.8. The zero-order valence-corrected chi connectivity index (χ0v) is 18.0. The van der Waals surface area contributed by atoms with Crippen LogP contribution in [0, 0.1) is 26.7 Å². The lowest BCUT2D eigenvalue weighted by Crippen LogP contribution is -2.38. The van der Waals surface area contributed by atoms with Crippen molar-refractivity contribution in [3.63, 3.8) is 0 Å². The smallest absolute Gasteiger partial charge is 0.318 e. The van der Waals surface area contributed by atoms with Gasteiger partial charge in [0.1, 0.15) is 5.92 Å². The van der Waals surface area contributed by atoms with Crippen molar-refractivity contribution in [2.45, 2.75) is 66.0 Å². The third-order valence-electron chi connectivity index (χ3n) is 5.77. The van der Waals surface area contributed by atoms with Crippen LogP contribution in [0.4, 0.5) is 18.9 Å². The van der Waals surface area contributed by atoms with Gasteiger partial charge in [-0.15, -0.1) is 0 Å². The molecule has 1 aliphatic rings. The molecule has 0 atom stereocenters. The third-order valence-corrected chi connectivity index (χ3v) is 5.77. The second-order valence-corrected chi connectivity index (χ2v) is 7.84. The Bertz CT molecular complexity index is 976. The highest BCUT2D eigenvalue weighted by molar-refractivity contribution is 6.21. The number of rotatable bonds is 5. The quantitative estimate of drug-likeness (QED) is 0.554. The van der Waals surface area contributed by atoms with Crippen LogP contribution in [0.25, 0.3) is 0 Å². The summed E-state index contributed by atoms with van der Waals surface area (Å²) in [4.78, 5) is 61.0. The van der Waals surface area contributed by atoms with Gasteiger partial charge < -0.3 is 5.32 Å². The van der Waals surface area contributed by atoms with Crippen molar-refractivity contribution in [2.24, 2.45) is 5.92 Å². The number of carbonyl (C=O) groups excluding carboxylic acids is 5. The predicted octanol–water partition coefficient (Wildman–Crippen LogP) is 3.93. The highest BCUT2D eigenvalue weighted by Gasteiger charge is 2.42. The van der Waals surface area contributed by atoms with Crippen LogP contribution < -0.4 is 5.32 Å². The summed E-state index contributed by atoms with van der Waals surface area (Å²) in [6.45, 7) is 7.30. The maximum Gasteiger partial charge on any atom is 0.471 e. The summed E-state index contributed by atoms with van der Waals surface area (Å²) in [6.07, 6.45) is -5.41. The monoisotopic (exact) mass is 439 g/mol. The highest BCUT2D eigenvalue weighted by Crippen LogP contribution is 2.41. The number of ketones is 4. The molecule has 0 spiro atoms. The molecule has 0 radical (unpaired) electrons. The Morgan fingerprint density at radius 3 is 1.90 bits per heavy atom. The van der Waals surface area contributed by atoms with Crippen molar-refractivity contribution in [1.29, 1.82) is 0 Å². The Morgan fingerprint density at radius 1 is 0.968 bits per heavy atom. The zero-order valence-electron chi connectivity index (χ0n) is 18.0. The minimum atomic E-state index is -5.13. The number of nitrogens with one attached hydrogen (secondary N) is 1. The average molecular weight is 439 g/mol. The van der Waals surface area contributed by atoms with Crippen molar-refractivity contribution in [3.05, 3.63) is 27.8 Å². The number of benzene rings is 1. The molecule has 1 fully saturated rings. The largest absolute Gasteiger partial charge is 0.471 e. The van der Waals surface area contributed by atoms with E-state index in [-0.39, 0.29) is 41.6 Å². The molecule has 1 aromatic carbocycles. The lowest BCUT2D eigenvalue weighted by atomic mass is 9.72. The number of Topliss-reactive ketones (excluding diaryl/α,β-unsaturated/α-hetero) is 4. The highest BCUT2D eigenvalue weighted by atomic mass is 19.4. The van der Waals surface area contributed by atoms with Crippen molar-refractivity contribution >= 4 is 34.7 Å². The molecule has 6 nitrogen and oxygen atoms in total. The van der Waals surface area contributed by atoms with Gasteiger partial charge in [-0.05, 0) is 55.9 Å². The van der Waals surface area contributed by atoms with Gasteiger partial charge in [0.2, 0.25) is 0 Å². The van der Waals surface area contributed by atoms with E-state index in [4.69, 9.17) is 0 Å². The standard InChI is InChI=1S/C22H24F3NO5/c1-6-14(28)19-15(29)7-13(8-16(19)30)18-9(2)17(12(5)27)10(3)20(11(18)4)26-21(31)22(23,24)25/h13,19H,6-8H2,1-5H3,(H,26,31). The van der Waals surface area contributed by atoms with Crippen LogP contribution in [0.2, 0.25) is 0 Å². The van der Waals surface area contributed by atoms with E-state index in [0.29, 0.717) is 11.1 Å². The number of alkyl halides is 3. The lowest BCUT2D eigenvalue weighted by Gasteiger charge is -2.30. The van der Waals surface area contributed by atoms with Gasteiger partial charge in [0.15, 0.2) is 23.1 Å². The van der Waals surface area contributed by atoms with Crippen LogP contribution in [0.5, 0.6) is 0 Å². The summed E-state index contributed by atoms with van der Waals surface area (Å²) >= 11 is 0. The Morgan fingerprint density at radius 2 is 1.48 bits per heavy atom. The van der Waals surface area contributed by atoms with Crippen LogP contribution >= 0.6 is 0 Å². The van der Waals surface area contributed by atoms with Gasteiger partial charge >= 0.3 is 12.1 Å². The molecule has 9 heteroatoms. The Hall–Kier alpha value is -2.84. The first-order valence-corrected chi connectivity index (χ1v) is 9.83. The zero-order chi connectivity index (χ0) is 23.8. The van der Waals surface area contributed by atoms with Gasteiger partial charge in [0, 0.05) is 30.5 Å². The number of hydrogen-bond acceptors (Lipinski definition) is 5. The van der Waals surface area contributed by atoms with Gasteiger partial charge in [-0.2, -0.15) is 13.2 Å². The Kier molecular flexibility index (Phi) is 6.87. The molecule has 168 valence electrons. The van der Waals surface area contributed by atoms with E-state index in [0.717, 1.165) is 0 Å². The summed E-state index contributed by atoms with van der Waals surface area (Å²) in [5.74, 6) is -6.19. The fourth-order valence-corrected chi connectivity index (χ4v) is 4.49. The summed E-state index contributed by atoms with van der Waals surface area (Å²) in [5, 5.41) is 1.84. The van der Waals surface area contributed by atoms with Crippen molar-refractivity contribution in [1.82, 2.24) is 0 Å². The second kappa shape index (κ2) is 8.72. The summed E-state index contributed by atoms with van der Waals surface area (Å²) in [7, 11) is 0. The first-order chi connectivity index (χ1) is 14.2. The third kappa shape index (κ3) is 4.60. The number of anilines is 1. The molecule has 1 aromatic rings. The molecule has 0 bridgehead atoms. The lowest BCUT2D eigenvalue weighted by molar-refractivity contribution is -0.167. The number of carbonyl (C=O) groups is 5. The molecule has 31 heavy (non-hydrogen) atoms. The number of hydrogen-bond donors (Lipinski definition) is 1. The van der Waals surface area contributed by atoms with E-state index >= 15 is 0 Å². The van der Waals surface area contributed by atoms with Gasteiger partial charge in [0.05, 0.1) is 0 Å². The Labute approximate surface area is 177 Å². The molecule has 0 heterocycles. The van der Waals surface area contributed by atoms with Gasteiger partial charge in [0.25, 0.3) is 0 Å². The minimum Gasteiger partial charge on any atom is -0.318 e. The summed E-state index contributed by atoms with van der Waals surface area (Å²) in [6, 6.07) is 0. The molecule has 0 aliphatic heterocycles. The average Bonchev–Trinajstić information content (AvgIpc) is 2.63. The summed E-state index contributed by atoms with van der Waals surface area (Å²) in [5.41, 5.74) is 1.21. The topological polar surface area (TPSA) is 97.4 Å². The van der Waals surface area contributed by atoms with E-state index < -0.39 is 47.1 Å². The number of amides is 1. The maximum absolute atomic E-state index is 12.8. The van der Waals surface area contributed by atoms with Crippen molar-refractivity contribution < 1.29 is 37.1 Å². The first-order valence-electron chi connectivity index (χ1n) is 9.83. The molecule has 0 aromatic heterocycles. The van der Waals surface area contributed by atoms with Crippen LogP contribution in [-0.2, 0) is 19.2 Å². The van der Waals surface area contributed by atoms with Crippen molar-refractivity contribution in [2.75, 3.05) is 5.32 Å². The molecule has 1 aliphatic carbocycles. The van der Waals surface area contributed by atoms with Crippen LogP contribution in [0.1, 0.15) is 71.6 Å². The molecule has 0 unspecified atom stereocenters.